The minimum Gasteiger partial charge on any atom is -0.339 e. The van der Waals surface area contributed by atoms with Crippen LogP contribution in [-0.2, 0) is 5.75 Å². The average Bonchev–Trinajstić information content (AvgIpc) is 3.10. The zero-order valence-corrected chi connectivity index (χ0v) is 16.4. The monoisotopic (exact) mass is 369 g/mol. The molecule has 0 unspecified atom stereocenters. The van der Waals surface area contributed by atoms with Crippen LogP contribution in [0.4, 0.5) is 0 Å². The number of aromatic nitrogens is 1. The minimum absolute atomic E-state index is 0.144. The molecular weight excluding hydrogens is 342 g/mol. The number of rotatable bonds is 7. The van der Waals surface area contributed by atoms with E-state index >= 15 is 0 Å². The van der Waals surface area contributed by atoms with E-state index in [-0.39, 0.29) is 5.91 Å². The summed E-state index contributed by atoms with van der Waals surface area (Å²) in [6.45, 7) is 5.91. The number of pyridine rings is 1. The molecule has 1 fully saturated rings. The zero-order valence-electron chi connectivity index (χ0n) is 15.6. The number of amides is 1. The van der Waals surface area contributed by atoms with E-state index in [9.17, 15) is 4.79 Å². The van der Waals surface area contributed by atoms with Gasteiger partial charge in [-0.25, -0.2) is 4.98 Å². The van der Waals surface area contributed by atoms with Gasteiger partial charge in [0.05, 0.1) is 5.03 Å². The topological polar surface area (TPSA) is 36.4 Å². The summed E-state index contributed by atoms with van der Waals surface area (Å²) >= 11 is 1.71. The molecule has 5 heteroatoms. The molecule has 1 amide bonds. The smallest absolute Gasteiger partial charge is 0.253 e. The number of thioether (sulfide) groups is 1. The van der Waals surface area contributed by atoms with E-state index in [0.717, 1.165) is 42.5 Å². The third-order valence-corrected chi connectivity index (χ3v) is 5.88. The number of nitrogens with zero attached hydrogens (tertiary/aromatic N) is 3. The highest BCUT2D eigenvalue weighted by atomic mass is 32.2. The van der Waals surface area contributed by atoms with Gasteiger partial charge in [-0.1, -0.05) is 18.2 Å². The first kappa shape index (κ1) is 18.9. The van der Waals surface area contributed by atoms with Gasteiger partial charge >= 0.3 is 0 Å². The van der Waals surface area contributed by atoms with Gasteiger partial charge in [-0.3, -0.25) is 4.79 Å². The molecule has 0 aliphatic carbocycles. The fraction of sp³-hybridized carbons (Fsp3) is 0.429. The fourth-order valence-electron chi connectivity index (χ4n) is 3.36. The van der Waals surface area contributed by atoms with E-state index in [4.69, 9.17) is 0 Å². The Labute approximate surface area is 160 Å². The lowest BCUT2D eigenvalue weighted by Crippen LogP contribution is -2.36. The summed E-state index contributed by atoms with van der Waals surface area (Å²) in [4.78, 5) is 21.5. The molecule has 2 aromatic rings. The minimum atomic E-state index is 0.144. The highest BCUT2D eigenvalue weighted by Crippen LogP contribution is 2.21. The molecular formula is C21H27N3OS. The second kappa shape index (κ2) is 9.19. The van der Waals surface area contributed by atoms with Crippen LogP contribution in [0, 0.1) is 5.92 Å². The van der Waals surface area contributed by atoms with Crippen LogP contribution in [0.15, 0.2) is 53.7 Å². The molecule has 1 aromatic heterocycles. The van der Waals surface area contributed by atoms with Crippen molar-refractivity contribution in [3.63, 3.8) is 0 Å². The number of hydrogen-bond acceptors (Lipinski definition) is 4. The molecule has 1 atom stereocenters. The molecule has 0 radical (unpaired) electrons. The molecule has 1 saturated heterocycles. The summed E-state index contributed by atoms with van der Waals surface area (Å²) in [7, 11) is 2.15. The van der Waals surface area contributed by atoms with Crippen molar-refractivity contribution in [2.24, 2.45) is 5.92 Å². The predicted molar refractivity (Wildman–Crippen MR) is 107 cm³/mol. The van der Waals surface area contributed by atoms with Gasteiger partial charge in [0.25, 0.3) is 5.91 Å². The van der Waals surface area contributed by atoms with Crippen molar-refractivity contribution in [3.05, 3.63) is 59.8 Å². The zero-order chi connectivity index (χ0) is 18.4. The van der Waals surface area contributed by atoms with Crippen LogP contribution in [0.2, 0.25) is 0 Å². The van der Waals surface area contributed by atoms with Gasteiger partial charge < -0.3 is 9.80 Å². The third kappa shape index (κ3) is 5.08. The molecule has 0 N–H and O–H groups in total. The lowest BCUT2D eigenvalue weighted by atomic mass is 10.1. The maximum atomic E-state index is 12.8. The van der Waals surface area contributed by atoms with E-state index in [2.05, 4.69) is 36.0 Å². The first-order valence-corrected chi connectivity index (χ1v) is 10.2. The van der Waals surface area contributed by atoms with Crippen LogP contribution < -0.4 is 0 Å². The van der Waals surface area contributed by atoms with Crippen LogP contribution in [-0.4, -0.2) is 53.9 Å². The van der Waals surface area contributed by atoms with Gasteiger partial charge in [0, 0.05) is 37.1 Å². The molecule has 2 heterocycles. The van der Waals surface area contributed by atoms with Crippen LogP contribution in [0.25, 0.3) is 0 Å². The van der Waals surface area contributed by atoms with E-state index < -0.39 is 0 Å². The first-order valence-electron chi connectivity index (χ1n) is 9.26. The summed E-state index contributed by atoms with van der Waals surface area (Å²) in [5.41, 5.74) is 1.99. The number of hydrogen-bond donors (Lipinski definition) is 0. The Kier molecular flexibility index (Phi) is 6.69. The molecule has 1 aliphatic heterocycles. The Bertz CT molecular complexity index is 705. The summed E-state index contributed by atoms with van der Waals surface area (Å²) in [5, 5.41) is 1.02. The Morgan fingerprint density at radius 2 is 2.08 bits per heavy atom. The third-order valence-electron chi connectivity index (χ3n) is 4.86. The van der Waals surface area contributed by atoms with Gasteiger partial charge in [-0.05, 0) is 62.7 Å². The molecule has 0 bridgehead atoms. The Morgan fingerprint density at radius 3 is 2.69 bits per heavy atom. The van der Waals surface area contributed by atoms with Crippen LogP contribution in [0.1, 0.15) is 29.3 Å². The fourth-order valence-corrected chi connectivity index (χ4v) is 4.18. The van der Waals surface area contributed by atoms with Crippen molar-refractivity contribution in [2.75, 3.05) is 33.2 Å². The lowest BCUT2D eigenvalue weighted by Gasteiger charge is -2.24. The standard InChI is InChI=1S/C21H27N3OS/c1-3-24(15-18-11-13-23(2)14-18)21(25)19-9-7-17(8-10-19)16-26-20-6-4-5-12-22-20/h4-10,12,18H,3,11,13-16H2,1-2H3/t18-/m1/s1. The summed E-state index contributed by atoms with van der Waals surface area (Å²) < 4.78 is 0. The predicted octanol–water partition coefficient (Wildman–Crippen LogP) is 3.79. The first-order chi connectivity index (χ1) is 12.7. The summed E-state index contributed by atoms with van der Waals surface area (Å²) in [5.74, 6) is 1.60. The quantitative estimate of drug-likeness (QED) is 0.696. The Hall–Kier alpha value is -1.85. The van der Waals surface area contributed by atoms with E-state index in [1.54, 1.807) is 11.8 Å². The van der Waals surface area contributed by atoms with Crippen molar-refractivity contribution in [3.8, 4) is 0 Å². The lowest BCUT2D eigenvalue weighted by molar-refractivity contribution is 0.0740. The summed E-state index contributed by atoms with van der Waals surface area (Å²) in [6, 6.07) is 14.0. The van der Waals surface area contributed by atoms with Gasteiger partial charge in [-0.2, -0.15) is 0 Å². The van der Waals surface area contributed by atoms with E-state index in [1.165, 1.54) is 12.0 Å². The van der Waals surface area contributed by atoms with Gasteiger partial charge in [0.1, 0.15) is 0 Å². The normalized spacial score (nSPS) is 17.4. The van der Waals surface area contributed by atoms with Crippen LogP contribution in [0.5, 0.6) is 0 Å². The van der Waals surface area contributed by atoms with Crippen molar-refractivity contribution in [1.29, 1.82) is 0 Å². The SMILES string of the molecule is CCN(C[C@@H]1CCN(C)C1)C(=O)c1ccc(CSc2ccccn2)cc1. The average molecular weight is 370 g/mol. The van der Waals surface area contributed by atoms with Crippen molar-refractivity contribution < 1.29 is 4.79 Å². The second-order valence-corrected chi connectivity index (χ2v) is 7.91. The Balaban J connectivity index is 1.56. The molecule has 26 heavy (non-hydrogen) atoms. The Morgan fingerprint density at radius 1 is 1.27 bits per heavy atom. The van der Waals surface area contributed by atoms with Crippen molar-refractivity contribution >= 4 is 17.7 Å². The molecule has 1 aromatic carbocycles. The van der Waals surface area contributed by atoms with Gasteiger partial charge in [-0.15, -0.1) is 11.8 Å². The number of benzene rings is 1. The molecule has 1 aliphatic rings. The van der Waals surface area contributed by atoms with E-state index in [0.29, 0.717) is 5.92 Å². The second-order valence-electron chi connectivity index (χ2n) is 6.91. The number of carbonyl (C=O) groups excluding carboxylic acids is 1. The maximum Gasteiger partial charge on any atom is 0.253 e. The van der Waals surface area contributed by atoms with Crippen LogP contribution in [0.3, 0.4) is 0 Å². The highest BCUT2D eigenvalue weighted by Gasteiger charge is 2.24. The molecule has 3 rings (SSSR count). The maximum absolute atomic E-state index is 12.8. The van der Waals surface area contributed by atoms with Gasteiger partial charge in [0.15, 0.2) is 0 Å². The van der Waals surface area contributed by atoms with E-state index in [1.807, 2.05) is 41.4 Å². The summed E-state index contributed by atoms with van der Waals surface area (Å²) in [6.07, 6.45) is 3.00. The number of likely N-dealkylation sites (tertiary alicyclic amines) is 1. The number of carbonyl (C=O) groups is 1. The molecule has 0 saturated carbocycles. The molecule has 4 nitrogen and oxygen atoms in total. The van der Waals surface area contributed by atoms with Crippen molar-refractivity contribution in [1.82, 2.24) is 14.8 Å². The highest BCUT2D eigenvalue weighted by molar-refractivity contribution is 7.98. The van der Waals surface area contributed by atoms with Crippen molar-refractivity contribution in [2.45, 2.75) is 24.1 Å². The van der Waals surface area contributed by atoms with Crippen LogP contribution >= 0.6 is 11.8 Å². The largest absolute Gasteiger partial charge is 0.339 e. The molecule has 138 valence electrons. The molecule has 0 spiro atoms. The van der Waals surface area contributed by atoms with Gasteiger partial charge in [0.2, 0.25) is 0 Å².